The van der Waals surface area contributed by atoms with E-state index in [-0.39, 0.29) is 12.5 Å². The minimum atomic E-state index is -0.764. The maximum Gasteiger partial charge on any atom is 0.303 e. The van der Waals surface area contributed by atoms with Crippen LogP contribution in [-0.4, -0.2) is 22.3 Å². The zero-order valence-corrected chi connectivity index (χ0v) is 18.9. The molecule has 0 bridgehead atoms. The molecule has 0 amide bonds. The van der Waals surface area contributed by atoms with Crippen LogP contribution in [0, 0.1) is 0 Å². The maximum atomic E-state index is 10.4. The summed E-state index contributed by atoms with van der Waals surface area (Å²) in [7, 11) is 0. The largest absolute Gasteiger partial charge is 0.481 e. The Labute approximate surface area is 175 Å². The zero-order chi connectivity index (χ0) is 20.7. The van der Waals surface area contributed by atoms with Crippen molar-refractivity contribution < 1.29 is 15.0 Å². The molecule has 3 heteroatoms. The lowest BCUT2D eigenvalue weighted by Gasteiger charge is -2.09. The Bertz CT molecular complexity index is 317. The SMILES string of the molecule is CCCCCCCCCCCCCCCCCCCCC(O)CCCC(=O)O. The van der Waals surface area contributed by atoms with Gasteiger partial charge in [-0.2, -0.15) is 0 Å². The summed E-state index contributed by atoms with van der Waals surface area (Å²) in [6, 6.07) is 0. The van der Waals surface area contributed by atoms with Crippen LogP contribution in [0.2, 0.25) is 0 Å². The Morgan fingerprint density at radius 2 is 0.893 bits per heavy atom. The van der Waals surface area contributed by atoms with Gasteiger partial charge in [0.2, 0.25) is 0 Å². The van der Waals surface area contributed by atoms with Crippen LogP contribution in [0.1, 0.15) is 148 Å². The van der Waals surface area contributed by atoms with E-state index in [0.717, 1.165) is 12.8 Å². The number of carboxylic acid groups (broad SMARTS) is 1. The first-order valence-electron chi connectivity index (χ1n) is 12.6. The number of aliphatic carboxylic acids is 1. The van der Waals surface area contributed by atoms with Crippen molar-refractivity contribution in [2.24, 2.45) is 0 Å². The first kappa shape index (κ1) is 27.4. The molecule has 28 heavy (non-hydrogen) atoms. The van der Waals surface area contributed by atoms with Crippen LogP contribution < -0.4 is 0 Å². The minimum Gasteiger partial charge on any atom is -0.481 e. The second-order valence-corrected chi connectivity index (χ2v) is 8.74. The van der Waals surface area contributed by atoms with E-state index in [1.165, 1.54) is 109 Å². The molecular formula is C25H50O3. The number of hydrogen-bond donors (Lipinski definition) is 2. The van der Waals surface area contributed by atoms with Crippen molar-refractivity contribution in [1.29, 1.82) is 0 Å². The standard InChI is InChI=1S/C25H50O3/c1-2-3-4-5-6-7-8-9-10-11-12-13-14-15-16-17-18-19-21-24(26)22-20-23-25(27)28/h24,26H,2-23H2,1H3,(H,27,28). The highest BCUT2D eigenvalue weighted by Gasteiger charge is 2.05. The number of rotatable bonds is 23. The molecule has 168 valence electrons. The van der Waals surface area contributed by atoms with Gasteiger partial charge in [-0.05, 0) is 19.3 Å². The summed E-state index contributed by atoms with van der Waals surface area (Å²) in [6.07, 6.45) is 26.7. The average Bonchev–Trinajstić information content (AvgIpc) is 2.66. The van der Waals surface area contributed by atoms with Crippen molar-refractivity contribution in [3.8, 4) is 0 Å². The molecule has 1 unspecified atom stereocenters. The topological polar surface area (TPSA) is 57.5 Å². The third-order valence-electron chi connectivity index (χ3n) is 5.82. The third kappa shape index (κ3) is 23.5. The Morgan fingerprint density at radius 3 is 1.25 bits per heavy atom. The number of aliphatic hydroxyl groups is 1. The summed E-state index contributed by atoms with van der Waals surface area (Å²) in [6.45, 7) is 2.28. The zero-order valence-electron chi connectivity index (χ0n) is 18.9. The molecule has 0 rings (SSSR count). The van der Waals surface area contributed by atoms with E-state index in [0.29, 0.717) is 12.8 Å². The van der Waals surface area contributed by atoms with E-state index in [1.807, 2.05) is 0 Å². The number of carbonyl (C=O) groups is 1. The van der Waals surface area contributed by atoms with Gasteiger partial charge in [0, 0.05) is 6.42 Å². The van der Waals surface area contributed by atoms with Gasteiger partial charge in [0.05, 0.1) is 6.10 Å². The molecule has 0 spiro atoms. The Kier molecular flexibility index (Phi) is 22.3. The van der Waals surface area contributed by atoms with Crippen LogP contribution in [-0.2, 0) is 4.79 Å². The van der Waals surface area contributed by atoms with Gasteiger partial charge in [-0.15, -0.1) is 0 Å². The average molecular weight is 399 g/mol. The lowest BCUT2D eigenvalue weighted by atomic mass is 10.0. The molecule has 0 saturated heterocycles. The molecule has 3 nitrogen and oxygen atoms in total. The highest BCUT2D eigenvalue weighted by molar-refractivity contribution is 5.66. The quantitative estimate of drug-likeness (QED) is 0.171. The monoisotopic (exact) mass is 398 g/mol. The lowest BCUT2D eigenvalue weighted by Crippen LogP contribution is -2.07. The number of unbranched alkanes of at least 4 members (excludes halogenated alkanes) is 17. The molecule has 0 radical (unpaired) electrons. The van der Waals surface area contributed by atoms with E-state index in [1.54, 1.807) is 0 Å². The molecule has 0 aliphatic heterocycles. The second-order valence-electron chi connectivity index (χ2n) is 8.74. The fraction of sp³-hybridized carbons (Fsp3) is 0.960. The predicted molar refractivity (Wildman–Crippen MR) is 121 cm³/mol. The fourth-order valence-electron chi connectivity index (χ4n) is 3.91. The number of carboxylic acids is 1. The second kappa shape index (κ2) is 22.7. The van der Waals surface area contributed by atoms with Crippen LogP contribution in [0.15, 0.2) is 0 Å². The van der Waals surface area contributed by atoms with Gasteiger partial charge in [0.25, 0.3) is 0 Å². The molecule has 0 aromatic rings. The molecule has 0 aliphatic rings. The number of hydrogen-bond acceptors (Lipinski definition) is 2. The Morgan fingerprint density at radius 1 is 0.571 bits per heavy atom. The normalized spacial score (nSPS) is 12.4. The minimum absolute atomic E-state index is 0.177. The maximum absolute atomic E-state index is 10.4. The molecule has 2 N–H and O–H groups in total. The summed E-state index contributed by atoms with van der Waals surface area (Å²) < 4.78 is 0. The van der Waals surface area contributed by atoms with Gasteiger partial charge in [-0.1, -0.05) is 122 Å². The van der Waals surface area contributed by atoms with E-state index >= 15 is 0 Å². The summed E-state index contributed by atoms with van der Waals surface area (Å²) >= 11 is 0. The molecule has 0 saturated carbocycles. The van der Waals surface area contributed by atoms with Gasteiger partial charge in [-0.25, -0.2) is 0 Å². The van der Waals surface area contributed by atoms with E-state index < -0.39 is 5.97 Å². The molecule has 0 heterocycles. The van der Waals surface area contributed by atoms with E-state index in [4.69, 9.17) is 5.11 Å². The smallest absolute Gasteiger partial charge is 0.303 e. The van der Waals surface area contributed by atoms with Crippen molar-refractivity contribution >= 4 is 5.97 Å². The fourth-order valence-corrected chi connectivity index (χ4v) is 3.91. The summed E-state index contributed by atoms with van der Waals surface area (Å²) in [5, 5.41) is 18.4. The molecule has 0 aromatic carbocycles. The predicted octanol–water partition coefficient (Wildman–Crippen LogP) is 8.03. The van der Waals surface area contributed by atoms with Gasteiger partial charge in [0.1, 0.15) is 0 Å². The molecule has 0 aromatic heterocycles. The van der Waals surface area contributed by atoms with Crippen molar-refractivity contribution in [3.05, 3.63) is 0 Å². The van der Waals surface area contributed by atoms with Crippen LogP contribution in [0.3, 0.4) is 0 Å². The van der Waals surface area contributed by atoms with Crippen molar-refractivity contribution in [2.75, 3.05) is 0 Å². The Balaban J connectivity index is 3.09. The lowest BCUT2D eigenvalue weighted by molar-refractivity contribution is -0.137. The number of aliphatic hydroxyl groups excluding tert-OH is 1. The third-order valence-corrected chi connectivity index (χ3v) is 5.82. The summed E-state index contributed by atoms with van der Waals surface area (Å²) in [4.78, 5) is 10.4. The molecule has 0 fully saturated rings. The highest BCUT2D eigenvalue weighted by Crippen LogP contribution is 2.15. The Hall–Kier alpha value is -0.570. The molecular weight excluding hydrogens is 348 g/mol. The first-order valence-corrected chi connectivity index (χ1v) is 12.6. The van der Waals surface area contributed by atoms with E-state index in [9.17, 15) is 9.90 Å². The van der Waals surface area contributed by atoms with Crippen LogP contribution in [0.25, 0.3) is 0 Å². The van der Waals surface area contributed by atoms with Crippen LogP contribution in [0.4, 0.5) is 0 Å². The van der Waals surface area contributed by atoms with Gasteiger partial charge >= 0.3 is 5.97 Å². The van der Waals surface area contributed by atoms with Gasteiger partial charge < -0.3 is 10.2 Å². The van der Waals surface area contributed by atoms with Gasteiger partial charge in [0.15, 0.2) is 0 Å². The summed E-state index contributed by atoms with van der Waals surface area (Å²) in [5.41, 5.74) is 0. The first-order chi connectivity index (χ1) is 13.7. The van der Waals surface area contributed by atoms with Crippen molar-refractivity contribution in [3.63, 3.8) is 0 Å². The van der Waals surface area contributed by atoms with Crippen molar-refractivity contribution in [1.82, 2.24) is 0 Å². The summed E-state index contributed by atoms with van der Waals surface area (Å²) in [5.74, 6) is -0.764. The van der Waals surface area contributed by atoms with Crippen LogP contribution >= 0.6 is 0 Å². The highest BCUT2D eigenvalue weighted by atomic mass is 16.4. The molecule has 0 aliphatic carbocycles. The van der Waals surface area contributed by atoms with Crippen LogP contribution in [0.5, 0.6) is 0 Å². The van der Waals surface area contributed by atoms with E-state index in [2.05, 4.69) is 6.92 Å². The van der Waals surface area contributed by atoms with Gasteiger partial charge in [-0.3, -0.25) is 4.79 Å². The van der Waals surface area contributed by atoms with Crippen molar-refractivity contribution in [2.45, 2.75) is 154 Å². The molecule has 1 atom stereocenters.